The molecule has 20 heavy (non-hydrogen) atoms. The standard InChI is InChI=1S/C13H20N4O2S/c1-3-7-14-12-5-4-11(17(18)19)13(15-12)16(2)10-6-8-20-9-10/h4-5,10H,3,6-9H2,1-2H3,(H,14,15). The third-order valence-corrected chi connectivity index (χ3v) is 4.54. The fraction of sp³-hybridized carbons (Fsp3) is 0.615. The van der Waals surface area contributed by atoms with E-state index < -0.39 is 0 Å². The first kappa shape index (κ1) is 14.9. The fourth-order valence-corrected chi connectivity index (χ4v) is 3.46. The van der Waals surface area contributed by atoms with E-state index in [9.17, 15) is 10.1 Å². The van der Waals surface area contributed by atoms with Crippen molar-refractivity contribution in [3.05, 3.63) is 22.2 Å². The zero-order chi connectivity index (χ0) is 14.5. The van der Waals surface area contributed by atoms with Gasteiger partial charge >= 0.3 is 5.69 Å². The maximum absolute atomic E-state index is 11.2. The molecule has 2 rings (SSSR count). The van der Waals surface area contributed by atoms with E-state index in [1.54, 1.807) is 12.1 Å². The number of rotatable bonds is 6. The predicted octanol–water partition coefficient (Wildman–Crippen LogP) is 2.75. The molecular weight excluding hydrogens is 276 g/mol. The van der Waals surface area contributed by atoms with E-state index in [0.717, 1.165) is 30.9 Å². The molecule has 0 bridgehead atoms. The summed E-state index contributed by atoms with van der Waals surface area (Å²) >= 11 is 1.88. The molecule has 0 spiro atoms. The highest BCUT2D eigenvalue weighted by molar-refractivity contribution is 7.99. The Morgan fingerprint density at radius 1 is 1.60 bits per heavy atom. The van der Waals surface area contributed by atoms with E-state index in [-0.39, 0.29) is 10.6 Å². The topological polar surface area (TPSA) is 71.3 Å². The molecule has 2 heterocycles. The Kier molecular flexibility index (Phi) is 5.05. The summed E-state index contributed by atoms with van der Waals surface area (Å²) in [5.74, 6) is 3.27. The molecule has 0 saturated carbocycles. The minimum Gasteiger partial charge on any atom is -0.370 e. The van der Waals surface area contributed by atoms with Crippen molar-refractivity contribution in [2.45, 2.75) is 25.8 Å². The minimum absolute atomic E-state index is 0.0754. The summed E-state index contributed by atoms with van der Waals surface area (Å²) in [5, 5.41) is 14.4. The lowest BCUT2D eigenvalue weighted by Crippen LogP contribution is -2.32. The molecule has 110 valence electrons. The number of aromatic nitrogens is 1. The van der Waals surface area contributed by atoms with Crippen molar-refractivity contribution in [2.75, 3.05) is 35.3 Å². The van der Waals surface area contributed by atoms with Crippen LogP contribution in [0.2, 0.25) is 0 Å². The Morgan fingerprint density at radius 2 is 2.40 bits per heavy atom. The van der Waals surface area contributed by atoms with E-state index in [0.29, 0.717) is 17.7 Å². The van der Waals surface area contributed by atoms with Crippen molar-refractivity contribution in [1.82, 2.24) is 4.98 Å². The van der Waals surface area contributed by atoms with E-state index in [4.69, 9.17) is 0 Å². The summed E-state index contributed by atoms with van der Waals surface area (Å²) in [5.41, 5.74) is 0.0754. The summed E-state index contributed by atoms with van der Waals surface area (Å²) in [6.07, 6.45) is 2.04. The smallest absolute Gasteiger partial charge is 0.311 e. The highest BCUT2D eigenvalue weighted by Crippen LogP contribution is 2.31. The summed E-state index contributed by atoms with van der Waals surface area (Å²) in [4.78, 5) is 17.2. The van der Waals surface area contributed by atoms with E-state index >= 15 is 0 Å². The zero-order valence-electron chi connectivity index (χ0n) is 11.8. The van der Waals surface area contributed by atoms with Crippen LogP contribution in [-0.2, 0) is 0 Å². The Labute approximate surface area is 123 Å². The van der Waals surface area contributed by atoms with Gasteiger partial charge in [0.05, 0.1) is 4.92 Å². The number of nitrogens with zero attached hydrogens (tertiary/aromatic N) is 3. The number of anilines is 2. The van der Waals surface area contributed by atoms with Crippen molar-refractivity contribution < 1.29 is 4.92 Å². The van der Waals surface area contributed by atoms with E-state index in [1.165, 1.54) is 0 Å². The lowest BCUT2D eigenvalue weighted by molar-refractivity contribution is -0.384. The molecule has 1 unspecified atom stereocenters. The van der Waals surface area contributed by atoms with Crippen LogP contribution in [0.4, 0.5) is 17.3 Å². The van der Waals surface area contributed by atoms with Crippen LogP contribution in [0.1, 0.15) is 19.8 Å². The molecule has 1 fully saturated rings. The van der Waals surface area contributed by atoms with Crippen LogP contribution in [0.25, 0.3) is 0 Å². The van der Waals surface area contributed by atoms with Gasteiger partial charge in [-0.1, -0.05) is 6.92 Å². The average molecular weight is 296 g/mol. The quantitative estimate of drug-likeness (QED) is 0.643. The van der Waals surface area contributed by atoms with Crippen LogP contribution in [-0.4, -0.2) is 41.0 Å². The van der Waals surface area contributed by atoms with Crippen LogP contribution in [0, 0.1) is 10.1 Å². The number of hydrogen-bond acceptors (Lipinski definition) is 6. The number of pyridine rings is 1. The largest absolute Gasteiger partial charge is 0.370 e. The second-order valence-corrected chi connectivity index (χ2v) is 6.00. The van der Waals surface area contributed by atoms with Gasteiger partial charge < -0.3 is 10.2 Å². The highest BCUT2D eigenvalue weighted by Gasteiger charge is 2.27. The first-order valence-electron chi connectivity index (χ1n) is 6.83. The molecule has 1 aliphatic heterocycles. The van der Waals surface area contributed by atoms with Gasteiger partial charge in [0, 0.05) is 31.5 Å². The molecule has 0 aromatic carbocycles. The van der Waals surface area contributed by atoms with Crippen LogP contribution >= 0.6 is 11.8 Å². The van der Waals surface area contributed by atoms with Gasteiger partial charge in [-0.3, -0.25) is 10.1 Å². The molecule has 1 saturated heterocycles. The van der Waals surface area contributed by atoms with Gasteiger partial charge in [0.15, 0.2) is 0 Å². The van der Waals surface area contributed by atoms with Crippen LogP contribution in [0.5, 0.6) is 0 Å². The molecule has 1 aromatic rings. The molecule has 0 amide bonds. The first-order valence-corrected chi connectivity index (χ1v) is 7.98. The second kappa shape index (κ2) is 6.78. The molecule has 7 heteroatoms. The summed E-state index contributed by atoms with van der Waals surface area (Å²) in [6, 6.07) is 3.54. The number of hydrogen-bond donors (Lipinski definition) is 1. The fourth-order valence-electron chi connectivity index (χ4n) is 2.20. The molecule has 1 aliphatic rings. The molecular formula is C13H20N4O2S. The van der Waals surface area contributed by atoms with E-state index in [2.05, 4.69) is 17.2 Å². The molecule has 0 radical (unpaired) electrons. The van der Waals surface area contributed by atoms with Gasteiger partial charge in [-0.15, -0.1) is 0 Å². The molecule has 1 aromatic heterocycles. The predicted molar refractivity (Wildman–Crippen MR) is 83.8 cm³/mol. The monoisotopic (exact) mass is 296 g/mol. The number of nitro groups is 1. The SMILES string of the molecule is CCCNc1ccc([N+](=O)[O-])c(N(C)C2CCSC2)n1. The summed E-state index contributed by atoms with van der Waals surface area (Å²) < 4.78 is 0. The highest BCUT2D eigenvalue weighted by atomic mass is 32.2. The maximum atomic E-state index is 11.2. The Hall–Kier alpha value is -1.50. The van der Waals surface area contributed by atoms with Gasteiger partial charge in [-0.05, 0) is 24.7 Å². The third-order valence-electron chi connectivity index (χ3n) is 3.39. The Balaban J connectivity index is 2.27. The van der Waals surface area contributed by atoms with Crippen molar-refractivity contribution in [2.24, 2.45) is 0 Å². The van der Waals surface area contributed by atoms with Crippen LogP contribution in [0.3, 0.4) is 0 Å². The molecule has 1 atom stereocenters. The third kappa shape index (κ3) is 3.33. The second-order valence-electron chi connectivity index (χ2n) is 4.85. The van der Waals surface area contributed by atoms with Gasteiger partial charge in [0.25, 0.3) is 0 Å². The number of thioether (sulfide) groups is 1. The normalized spacial score (nSPS) is 18.0. The average Bonchev–Trinajstić information content (AvgIpc) is 2.98. The van der Waals surface area contributed by atoms with Gasteiger partial charge in [-0.25, -0.2) is 4.98 Å². The van der Waals surface area contributed by atoms with Crippen molar-refractivity contribution in [3.63, 3.8) is 0 Å². The van der Waals surface area contributed by atoms with Crippen molar-refractivity contribution in [3.8, 4) is 0 Å². The lowest BCUT2D eigenvalue weighted by atomic mass is 10.2. The molecule has 0 aliphatic carbocycles. The first-order chi connectivity index (χ1) is 9.63. The molecule has 1 N–H and O–H groups in total. The molecule has 6 nitrogen and oxygen atoms in total. The minimum atomic E-state index is -0.357. The summed E-state index contributed by atoms with van der Waals surface area (Å²) in [6.45, 7) is 2.88. The van der Waals surface area contributed by atoms with Crippen LogP contribution < -0.4 is 10.2 Å². The Bertz CT molecular complexity index is 477. The lowest BCUT2D eigenvalue weighted by Gasteiger charge is -2.24. The van der Waals surface area contributed by atoms with Crippen molar-refractivity contribution in [1.29, 1.82) is 0 Å². The van der Waals surface area contributed by atoms with Gasteiger partial charge in [0.2, 0.25) is 5.82 Å². The van der Waals surface area contributed by atoms with Gasteiger partial charge in [0.1, 0.15) is 5.82 Å². The zero-order valence-corrected chi connectivity index (χ0v) is 12.7. The maximum Gasteiger partial charge on any atom is 0.311 e. The Morgan fingerprint density at radius 3 is 3.00 bits per heavy atom. The van der Waals surface area contributed by atoms with Crippen LogP contribution in [0.15, 0.2) is 12.1 Å². The number of nitrogens with one attached hydrogen (secondary N) is 1. The summed E-state index contributed by atoms with van der Waals surface area (Å²) in [7, 11) is 1.90. The van der Waals surface area contributed by atoms with Gasteiger partial charge in [-0.2, -0.15) is 11.8 Å². The van der Waals surface area contributed by atoms with Crippen molar-refractivity contribution >= 4 is 29.1 Å². The van der Waals surface area contributed by atoms with E-state index in [1.807, 2.05) is 23.7 Å².